The van der Waals surface area contributed by atoms with Crippen LogP contribution in [0.1, 0.15) is 62.5 Å². The van der Waals surface area contributed by atoms with E-state index in [2.05, 4.69) is 41.1 Å². The summed E-state index contributed by atoms with van der Waals surface area (Å²) in [6, 6.07) is 8.38. The summed E-state index contributed by atoms with van der Waals surface area (Å²) >= 11 is 0. The predicted molar refractivity (Wildman–Crippen MR) is 109 cm³/mol. The predicted octanol–water partition coefficient (Wildman–Crippen LogP) is 4.98. The second-order valence-corrected chi connectivity index (χ2v) is 7.62. The molecule has 2 heterocycles. The van der Waals surface area contributed by atoms with Crippen LogP contribution in [0.2, 0.25) is 0 Å². The van der Waals surface area contributed by atoms with Crippen LogP contribution in [0, 0.1) is 6.92 Å². The molecular weight excluding hydrogens is 336 g/mol. The topological polar surface area (TPSA) is 46.3 Å². The Morgan fingerprint density at radius 3 is 2.52 bits per heavy atom. The number of carbonyl (C=O) groups is 1. The Bertz CT molecular complexity index is 727. The molecule has 1 saturated heterocycles. The van der Waals surface area contributed by atoms with Crippen LogP contribution in [0.5, 0.6) is 0 Å². The van der Waals surface area contributed by atoms with Gasteiger partial charge in [-0.05, 0) is 82.8 Å². The standard InChI is InChI=1S/C23H32N2O2/c1-3-19-11-13-20(14-12-19)23-24-22(18(2)27-23)10-6-8-21(26)9-7-17-25-15-4-5-16-25/h11-14H,3-10,15-17H2,1-2H3. The van der Waals surface area contributed by atoms with Crippen molar-refractivity contribution in [3.8, 4) is 11.5 Å². The minimum Gasteiger partial charge on any atom is -0.441 e. The maximum absolute atomic E-state index is 12.1. The van der Waals surface area contributed by atoms with Gasteiger partial charge in [0.15, 0.2) is 0 Å². The second-order valence-electron chi connectivity index (χ2n) is 7.62. The second kappa shape index (κ2) is 9.84. The van der Waals surface area contributed by atoms with E-state index in [1.807, 2.05) is 6.92 Å². The van der Waals surface area contributed by atoms with Crippen molar-refractivity contribution >= 4 is 5.78 Å². The summed E-state index contributed by atoms with van der Waals surface area (Å²) < 4.78 is 5.85. The number of aryl methyl sites for hydroxylation is 3. The first kappa shape index (κ1) is 19.8. The van der Waals surface area contributed by atoms with Crippen LogP contribution in [-0.2, 0) is 17.6 Å². The van der Waals surface area contributed by atoms with Crippen molar-refractivity contribution in [3.63, 3.8) is 0 Å². The van der Waals surface area contributed by atoms with Crippen molar-refractivity contribution in [2.75, 3.05) is 19.6 Å². The molecule has 146 valence electrons. The first-order chi connectivity index (χ1) is 13.2. The number of nitrogens with zero attached hydrogens (tertiary/aromatic N) is 2. The van der Waals surface area contributed by atoms with Crippen molar-refractivity contribution < 1.29 is 9.21 Å². The van der Waals surface area contributed by atoms with Crippen LogP contribution in [0.25, 0.3) is 11.5 Å². The number of hydrogen-bond donors (Lipinski definition) is 0. The summed E-state index contributed by atoms with van der Waals surface area (Å²) in [4.78, 5) is 19.3. The Hall–Kier alpha value is -1.94. The van der Waals surface area contributed by atoms with Gasteiger partial charge < -0.3 is 9.32 Å². The Labute approximate surface area is 163 Å². The van der Waals surface area contributed by atoms with E-state index in [-0.39, 0.29) is 0 Å². The average Bonchev–Trinajstić information content (AvgIpc) is 3.32. The molecule has 27 heavy (non-hydrogen) atoms. The van der Waals surface area contributed by atoms with E-state index < -0.39 is 0 Å². The molecule has 0 aliphatic carbocycles. The fourth-order valence-corrected chi connectivity index (χ4v) is 3.75. The zero-order valence-electron chi connectivity index (χ0n) is 16.8. The van der Waals surface area contributed by atoms with Crippen LogP contribution in [-0.4, -0.2) is 35.3 Å². The summed E-state index contributed by atoms with van der Waals surface area (Å²) in [5.41, 5.74) is 3.31. The molecule has 0 saturated carbocycles. The molecule has 4 heteroatoms. The number of likely N-dealkylation sites (tertiary alicyclic amines) is 1. The van der Waals surface area contributed by atoms with Crippen molar-refractivity contribution in [2.45, 2.75) is 65.2 Å². The van der Waals surface area contributed by atoms with Gasteiger partial charge in [0, 0.05) is 18.4 Å². The third-order valence-electron chi connectivity index (χ3n) is 5.50. The highest BCUT2D eigenvalue weighted by atomic mass is 16.4. The Morgan fingerprint density at radius 1 is 1.11 bits per heavy atom. The van der Waals surface area contributed by atoms with Gasteiger partial charge >= 0.3 is 0 Å². The molecule has 1 aromatic carbocycles. The zero-order chi connectivity index (χ0) is 19.1. The van der Waals surface area contributed by atoms with E-state index >= 15 is 0 Å². The van der Waals surface area contributed by atoms with Gasteiger partial charge in [0.25, 0.3) is 0 Å². The van der Waals surface area contributed by atoms with Crippen LogP contribution >= 0.6 is 0 Å². The number of carbonyl (C=O) groups excluding carboxylic acids is 1. The number of oxazole rings is 1. The van der Waals surface area contributed by atoms with Gasteiger partial charge in [0.1, 0.15) is 11.5 Å². The molecule has 0 atom stereocenters. The van der Waals surface area contributed by atoms with E-state index in [9.17, 15) is 4.79 Å². The highest BCUT2D eigenvalue weighted by Crippen LogP contribution is 2.23. The van der Waals surface area contributed by atoms with Gasteiger partial charge in [-0.2, -0.15) is 0 Å². The number of rotatable bonds is 10. The lowest BCUT2D eigenvalue weighted by atomic mass is 10.1. The van der Waals surface area contributed by atoms with Gasteiger partial charge in [-0.25, -0.2) is 4.98 Å². The molecule has 1 fully saturated rings. The van der Waals surface area contributed by atoms with Crippen LogP contribution < -0.4 is 0 Å². The van der Waals surface area contributed by atoms with Gasteiger partial charge in [0.05, 0.1) is 5.69 Å². The highest BCUT2D eigenvalue weighted by Gasteiger charge is 2.13. The molecule has 2 aromatic rings. The van der Waals surface area contributed by atoms with Gasteiger partial charge in [-0.15, -0.1) is 0 Å². The Kier molecular flexibility index (Phi) is 7.22. The van der Waals surface area contributed by atoms with Crippen LogP contribution in [0.15, 0.2) is 28.7 Å². The highest BCUT2D eigenvalue weighted by molar-refractivity contribution is 5.78. The van der Waals surface area contributed by atoms with E-state index in [0.717, 1.165) is 49.2 Å². The number of benzene rings is 1. The van der Waals surface area contributed by atoms with Crippen LogP contribution in [0.3, 0.4) is 0 Å². The molecule has 0 N–H and O–H groups in total. The first-order valence-electron chi connectivity index (χ1n) is 10.5. The maximum atomic E-state index is 12.1. The molecule has 0 bridgehead atoms. The van der Waals surface area contributed by atoms with Gasteiger partial charge in [-0.1, -0.05) is 19.1 Å². The lowest BCUT2D eigenvalue weighted by Crippen LogP contribution is -2.21. The van der Waals surface area contributed by atoms with E-state index in [0.29, 0.717) is 24.5 Å². The summed E-state index contributed by atoms with van der Waals surface area (Å²) in [6.45, 7) is 7.61. The molecule has 1 aliphatic rings. The minimum absolute atomic E-state index is 0.380. The number of ketones is 1. The normalized spacial score (nSPS) is 14.7. The largest absolute Gasteiger partial charge is 0.441 e. The fourth-order valence-electron chi connectivity index (χ4n) is 3.75. The summed E-state index contributed by atoms with van der Waals surface area (Å²) in [5, 5.41) is 0. The van der Waals surface area contributed by atoms with Crippen molar-refractivity contribution in [1.82, 2.24) is 9.88 Å². The Balaban J connectivity index is 1.42. The quantitative estimate of drug-likeness (QED) is 0.593. The molecule has 0 radical (unpaired) electrons. The molecule has 1 aromatic heterocycles. The van der Waals surface area contributed by atoms with E-state index in [1.54, 1.807) is 0 Å². The van der Waals surface area contributed by atoms with E-state index in [1.165, 1.54) is 31.5 Å². The molecule has 4 nitrogen and oxygen atoms in total. The molecule has 3 rings (SSSR count). The molecular formula is C23H32N2O2. The van der Waals surface area contributed by atoms with Crippen molar-refractivity contribution in [3.05, 3.63) is 41.3 Å². The average molecular weight is 369 g/mol. The summed E-state index contributed by atoms with van der Waals surface area (Å²) in [6.07, 6.45) is 7.67. The fraction of sp³-hybridized carbons (Fsp3) is 0.565. The maximum Gasteiger partial charge on any atom is 0.226 e. The zero-order valence-corrected chi connectivity index (χ0v) is 16.8. The lowest BCUT2D eigenvalue weighted by molar-refractivity contribution is -0.119. The summed E-state index contributed by atoms with van der Waals surface area (Å²) in [5.74, 6) is 1.93. The molecule has 0 amide bonds. The number of aromatic nitrogens is 1. The first-order valence-corrected chi connectivity index (χ1v) is 10.5. The smallest absolute Gasteiger partial charge is 0.226 e. The summed E-state index contributed by atoms with van der Waals surface area (Å²) in [7, 11) is 0. The monoisotopic (exact) mass is 368 g/mol. The van der Waals surface area contributed by atoms with E-state index in [4.69, 9.17) is 4.42 Å². The lowest BCUT2D eigenvalue weighted by Gasteiger charge is -2.13. The third kappa shape index (κ3) is 5.77. The molecule has 1 aliphatic heterocycles. The van der Waals surface area contributed by atoms with Crippen molar-refractivity contribution in [2.24, 2.45) is 0 Å². The molecule has 0 unspecified atom stereocenters. The SMILES string of the molecule is CCc1ccc(-c2nc(CCCC(=O)CCCN3CCCC3)c(C)o2)cc1. The molecule has 0 spiro atoms. The number of Topliss-reactive ketones (excluding diaryl/α,β-unsaturated/α-hetero) is 1. The van der Waals surface area contributed by atoms with Gasteiger partial charge in [0.2, 0.25) is 5.89 Å². The Morgan fingerprint density at radius 2 is 1.81 bits per heavy atom. The van der Waals surface area contributed by atoms with Crippen molar-refractivity contribution in [1.29, 1.82) is 0 Å². The third-order valence-corrected chi connectivity index (χ3v) is 5.50. The minimum atomic E-state index is 0.380. The number of hydrogen-bond acceptors (Lipinski definition) is 4. The van der Waals surface area contributed by atoms with Crippen LogP contribution in [0.4, 0.5) is 0 Å². The van der Waals surface area contributed by atoms with Gasteiger partial charge in [-0.3, -0.25) is 4.79 Å².